The number of benzene rings is 1. The number of carbonyl (C=O) groups excluding carboxylic acids is 1. The number of amides is 1. The maximum absolute atomic E-state index is 11.3. The second-order valence-electron chi connectivity index (χ2n) is 5.23. The van der Waals surface area contributed by atoms with E-state index in [2.05, 4.69) is 58.0 Å². The Kier molecular flexibility index (Phi) is 3.35. The molecule has 0 bridgehead atoms. The summed E-state index contributed by atoms with van der Waals surface area (Å²) in [6.07, 6.45) is 4.34. The van der Waals surface area contributed by atoms with Gasteiger partial charge in [-0.1, -0.05) is 18.2 Å². The maximum atomic E-state index is 11.3. The smallest absolute Gasteiger partial charge is 0.289 e. The molecule has 0 radical (unpaired) electrons. The molecule has 0 unspecified atom stereocenters. The number of hydrogen-bond donors (Lipinski definition) is 0. The molecule has 19 heavy (non-hydrogen) atoms. The molecule has 1 saturated heterocycles. The lowest BCUT2D eigenvalue weighted by atomic mass is 9.89. The van der Waals surface area contributed by atoms with Crippen LogP contribution >= 0.6 is 15.9 Å². The molecule has 1 aliphatic heterocycles. The van der Waals surface area contributed by atoms with Gasteiger partial charge in [0.1, 0.15) is 0 Å². The molecular weight excluding hydrogens is 304 g/mol. The van der Waals surface area contributed by atoms with Crippen molar-refractivity contribution in [2.75, 3.05) is 13.1 Å². The highest BCUT2D eigenvalue weighted by atomic mass is 79.9. The Labute approximate surface area is 121 Å². The van der Waals surface area contributed by atoms with Crippen LogP contribution in [0, 0.1) is 0 Å². The topological polar surface area (TPSA) is 25.2 Å². The van der Waals surface area contributed by atoms with Gasteiger partial charge < -0.3 is 9.47 Å². The van der Waals surface area contributed by atoms with Crippen LogP contribution in [0.15, 0.2) is 30.5 Å². The van der Waals surface area contributed by atoms with E-state index in [0.717, 1.165) is 25.9 Å². The maximum Gasteiger partial charge on any atom is 0.289 e. The van der Waals surface area contributed by atoms with Gasteiger partial charge in [0.15, 0.2) is 0 Å². The van der Waals surface area contributed by atoms with Crippen LogP contribution in [0.25, 0.3) is 10.9 Å². The Hall–Kier alpha value is -1.29. The molecule has 3 rings (SSSR count). The summed E-state index contributed by atoms with van der Waals surface area (Å²) >= 11 is 3.04. The summed E-state index contributed by atoms with van der Waals surface area (Å²) in [7, 11) is 2.10. The average Bonchev–Trinajstić information content (AvgIpc) is 2.77. The molecule has 1 aromatic heterocycles. The first-order chi connectivity index (χ1) is 9.16. The third-order valence-corrected chi connectivity index (χ3v) is 4.61. The quantitative estimate of drug-likeness (QED) is 0.578. The summed E-state index contributed by atoms with van der Waals surface area (Å²) in [6, 6.07) is 8.55. The van der Waals surface area contributed by atoms with Crippen molar-refractivity contribution in [3.63, 3.8) is 0 Å². The number of halogens is 1. The van der Waals surface area contributed by atoms with Gasteiger partial charge in [0.25, 0.3) is 4.82 Å². The second-order valence-corrected chi connectivity index (χ2v) is 5.91. The summed E-state index contributed by atoms with van der Waals surface area (Å²) in [4.78, 5) is 13.2. The predicted molar refractivity (Wildman–Crippen MR) is 80.8 cm³/mol. The molecule has 1 aromatic carbocycles. The highest BCUT2D eigenvalue weighted by molar-refractivity contribution is 9.18. The van der Waals surface area contributed by atoms with Crippen LogP contribution in [-0.2, 0) is 7.05 Å². The number of aromatic nitrogens is 1. The SMILES string of the molecule is Cn1cc(C2CCN(C(=O)Br)CC2)c2ccccc21. The summed E-state index contributed by atoms with van der Waals surface area (Å²) in [5.74, 6) is 0.564. The van der Waals surface area contributed by atoms with Gasteiger partial charge in [0.05, 0.1) is 0 Å². The molecule has 0 saturated carbocycles. The van der Waals surface area contributed by atoms with Gasteiger partial charge in [-0.15, -0.1) is 0 Å². The van der Waals surface area contributed by atoms with E-state index in [1.807, 2.05) is 4.90 Å². The van der Waals surface area contributed by atoms with Crippen molar-refractivity contribution in [2.24, 2.45) is 7.05 Å². The van der Waals surface area contributed by atoms with Gasteiger partial charge in [-0.05, 0) is 30.4 Å². The summed E-state index contributed by atoms with van der Waals surface area (Å²) in [5.41, 5.74) is 2.72. The van der Waals surface area contributed by atoms with Crippen LogP contribution in [0.5, 0.6) is 0 Å². The van der Waals surface area contributed by atoms with E-state index in [9.17, 15) is 4.79 Å². The molecule has 0 spiro atoms. The Morgan fingerprint density at radius 2 is 1.95 bits per heavy atom. The van der Waals surface area contributed by atoms with E-state index in [4.69, 9.17) is 0 Å². The standard InChI is InChI=1S/C15H17BrN2O/c1-17-10-13(12-4-2-3-5-14(12)17)11-6-8-18(9-7-11)15(16)19/h2-5,10-11H,6-9H2,1H3. The second kappa shape index (κ2) is 5.00. The lowest BCUT2D eigenvalue weighted by molar-refractivity contribution is 0.207. The number of piperidine rings is 1. The Bertz CT molecular complexity index is 612. The van der Waals surface area contributed by atoms with Crippen LogP contribution in [0.4, 0.5) is 4.79 Å². The van der Waals surface area contributed by atoms with Crippen LogP contribution < -0.4 is 0 Å². The molecule has 0 atom stereocenters. The molecule has 4 heteroatoms. The number of para-hydroxylation sites is 1. The Balaban J connectivity index is 1.88. The average molecular weight is 321 g/mol. The number of carbonyl (C=O) groups is 1. The highest BCUT2D eigenvalue weighted by Crippen LogP contribution is 2.34. The fourth-order valence-electron chi connectivity index (χ4n) is 3.06. The Morgan fingerprint density at radius 1 is 1.26 bits per heavy atom. The lowest BCUT2D eigenvalue weighted by Crippen LogP contribution is -2.34. The number of rotatable bonds is 1. The van der Waals surface area contributed by atoms with E-state index >= 15 is 0 Å². The van der Waals surface area contributed by atoms with Crippen LogP contribution in [0.3, 0.4) is 0 Å². The third kappa shape index (κ3) is 2.29. The van der Waals surface area contributed by atoms with Crippen LogP contribution in [-0.4, -0.2) is 27.4 Å². The zero-order valence-corrected chi connectivity index (χ0v) is 12.6. The minimum atomic E-state index is 0.0175. The molecule has 0 N–H and O–H groups in total. The molecular formula is C15H17BrN2O. The van der Waals surface area contributed by atoms with Crippen molar-refractivity contribution in [3.05, 3.63) is 36.0 Å². The van der Waals surface area contributed by atoms with E-state index in [-0.39, 0.29) is 4.82 Å². The number of likely N-dealkylation sites (tertiary alicyclic amines) is 1. The largest absolute Gasteiger partial charge is 0.350 e. The van der Waals surface area contributed by atoms with Crippen LogP contribution in [0.2, 0.25) is 0 Å². The number of fused-ring (bicyclic) bond motifs is 1. The highest BCUT2D eigenvalue weighted by Gasteiger charge is 2.24. The first-order valence-corrected chi connectivity index (χ1v) is 7.44. The van der Waals surface area contributed by atoms with Crippen molar-refractivity contribution in [1.29, 1.82) is 0 Å². The fraction of sp³-hybridized carbons (Fsp3) is 0.400. The normalized spacial score (nSPS) is 17.1. The molecule has 2 aromatic rings. The third-order valence-electron chi connectivity index (χ3n) is 4.11. The Morgan fingerprint density at radius 3 is 2.63 bits per heavy atom. The van der Waals surface area contributed by atoms with E-state index in [1.165, 1.54) is 16.5 Å². The monoisotopic (exact) mass is 320 g/mol. The van der Waals surface area contributed by atoms with Crippen LogP contribution in [0.1, 0.15) is 24.3 Å². The van der Waals surface area contributed by atoms with Crippen molar-refractivity contribution in [2.45, 2.75) is 18.8 Å². The summed E-state index contributed by atoms with van der Waals surface area (Å²) in [6.45, 7) is 1.69. The van der Waals surface area contributed by atoms with Gasteiger partial charge in [-0.2, -0.15) is 0 Å². The molecule has 0 aliphatic carbocycles. The summed E-state index contributed by atoms with van der Waals surface area (Å²) < 4.78 is 2.20. The minimum absolute atomic E-state index is 0.0175. The molecule has 100 valence electrons. The minimum Gasteiger partial charge on any atom is -0.350 e. The van der Waals surface area contributed by atoms with E-state index in [1.54, 1.807) is 0 Å². The van der Waals surface area contributed by atoms with E-state index < -0.39 is 0 Å². The molecule has 1 fully saturated rings. The zero-order chi connectivity index (χ0) is 13.4. The number of nitrogens with zero attached hydrogens (tertiary/aromatic N) is 2. The van der Waals surface area contributed by atoms with Gasteiger partial charge >= 0.3 is 0 Å². The van der Waals surface area contributed by atoms with Gasteiger partial charge in [-0.3, -0.25) is 4.79 Å². The van der Waals surface area contributed by atoms with Gasteiger partial charge in [0, 0.05) is 53.2 Å². The van der Waals surface area contributed by atoms with E-state index in [0.29, 0.717) is 5.92 Å². The predicted octanol–water partition coefficient (Wildman–Crippen LogP) is 3.87. The van der Waals surface area contributed by atoms with Gasteiger partial charge in [0.2, 0.25) is 0 Å². The molecule has 1 amide bonds. The number of aryl methyl sites for hydroxylation is 1. The zero-order valence-electron chi connectivity index (χ0n) is 11.0. The van der Waals surface area contributed by atoms with Crippen molar-refractivity contribution >= 4 is 31.6 Å². The first kappa shape index (κ1) is 12.7. The molecule has 3 nitrogen and oxygen atoms in total. The fourth-order valence-corrected chi connectivity index (χ4v) is 3.42. The van der Waals surface area contributed by atoms with Crippen molar-refractivity contribution in [3.8, 4) is 0 Å². The first-order valence-electron chi connectivity index (χ1n) is 6.65. The summed E-state index contributed by atoms with van der Waals surface area (Å²) in [5, 5.41) is 1.36. The van der Waals surface area contributed by atoms with Crippen molar-refractivity contribution in [1.82, 2.24) is 9.47 Å². The number of hydrogen-bond acceptors (Lipinski definition) is 1. The lowest BCUT2D eigenvalue weighted by Gasteiger charge is -2.30. The van der Waals surface area contributed by atoms with Crippen molar-refractivity contribution < 1.29 is 4.79 Å². The molecule has 1 aliphatic rings. The van der Waals surface area contributed by atoms with Gasteiger partial charge in [-0.25, -0.2) is 0 Å². The molecule has 2 heterocycles.